The lowest BCUT2D eigenvalue weighted by atomic mass is 10.2. The highest BCUT2D eigenvalue weighted by atomic mass is 31.2. The smallest absolute Gasteiger partial charge is 0.349 e. The number of nitrogens with two attached hydrogens (primary N) is 2. The molecule has 202 valence electrons. The van der Waals surface area contributed by atoms with Gasteiger partial charge >= 0.3 is 14.5 Å². The number of aliphatic hydroxyl groups excluding tert-OH is 2. The highest BCUT2D eigenvalue weighted by Gasteiger charge is 2.35. The van der Waals surface area contributed by atoms with Crippen LogP contribution in [0.4, 0.5) is 5.95 Å². The lowest BCUT2D eigenvalue weighted by Gasteiger charge is -2.22. The summed E-state index contributed by atoms with van der Waals surface area (Å²) in [6.45, 7) is 5.05. The highest BCUT2D eigenvalue weighted by Crippen LogP contribution is 2.34. The van der Waals surface area contributed by atoms with Crippen molar-refractivity contribution in [3.05, 3.63) is 47.0 Å². The lowest BCUT2D eigenvalue weighted by Crippen LogP contribution is -2.24. The van der Waals surface area contributed by atoms with Crippen LogP contribution in [-0.4, -0.2) is 66.7 Å². The van der Waals surface area contributed by atoms with Crippen molar-refractivity contribution in [2.75, 3.05) is 18.9 Å². The van der Waals surface area contributed by atoms with Gasteiger partial charge in [-0.1, -0.05) is 18.2 Å². The van der Waals surface area contributed by atoms with Crippen molar-refractivity contribution in [2.45, 2.75) is 51.2 Å². The van der Waals surface area contributed by atoms with Gasteiger partial charge in [-0.15, -0.1) is 0 Å². The van der Waals surface area contributed by atoms with Gasteiger partial charge in [0, 0.05) is 6.42 Å². The normalized spacial score (nSPS) is 20.2. The molecular weight excluding hydrogens is 507 g/mol. The van der Waals surface area contributed by atoms with Crippen molar-refractivity contribution in [1.29, 1.82) is 0 Å². The quantitative estimate of drug-likeness (QED) is 0.266. The summed E-state index contributed by atoms with van der Waals surface area (Å²) in [6.07, 6.45) is -0.270. The summed E-state index contributed by atoms with van der Waals surface area (Å²) in [5.41, 5.74) is 10.6. The predicted octanol–water partition coefficient (Wildman–Crippen LogP) is 0.952. The third kappa shape index (κ3) is 8.18. The van der Waals surface area contributed by atoms with E-state index in [2.05, 4.69) is 15.0 Å². The number of imidazole rings is 1. The number of ether oxygens (including phenoxy) is 2. The van der Waals surface area contributed by atoms with Gasteiger partial charge in [-0.25, -0.2) is 9.78 Å². The van der Waals surface area contributed by atoms with Crippen molar-refractivity contribution in [3.63, 3.8) is 0 Å². The lowest BCUT2D eigenvalue weighted by molar-refractivity contribution is -0.136. The topological polar surface area (TPSA) is 210 Å². The van der Waals surface area contributed by atoms with Gasteiger partial charge in [0.2, 0.25) is 5.95 Å². The fraction of sp³-hybridized carbons (Fsp3) is 0.455. The zero-order valence-corrected chi connectivity index (χ0v) is 21.5. The number of rotatable bonds is 7. The van der Waals surface area contributed by atoms with Crippen LogP contribution >= 0.6 is 8.53 Å². The molecule has 0 spiro atoms. The van der Waals surface area contributed by atoms with Crippen LogP contribution in [0.3, 0.4) is 0 Å². The Morgan fingerprint density at radius 1 is 1.32 bits per heavy atom. The van der Waals surface area contributed by atoms with Crippen molar-refractivity contribution in [2.24, 2.45) is 5.50 Å². The molecule has 2 aromatic heterocycles. The zero-order valence-electron chi connectivity index (χ0n) is 20.6. The van der Waals surface area contributed by atoms with Gasteiger partial charge in [-0.3, -0.25) is 19.8 Å². The number of benzene rings is 1. The molecule has 1 unspecified atom stereocenters. The largest absolute Gasteiger partial charge is 0.482 e. The summed E-state index contributed by atoms with van der Waals surface area (Å²) in [7, 11) is -1.72. The van der Waals surface area contributed by atoms with Crippen LogP contribution in [0.2, 0.25) is 0 Å². The maximum atomic E-state index is 11.6. The second kappa shape index (κ2) is 12.4. The molecule has 37 heavy (non-hydrogen) atoms. The van der Waals surface area contributed by atoms with E-state index in [1.165, 1.54) is 10.9 Å². The van der Waals surface area contributed by atoms with Crippen molar-refractivity contribution < 1.29 is 33.5 Å². The summed E-state index contributed by atoms with van der Waals surface area (Å²) < 4.78 is 22.4. The van der Waals surface area contributed by atoms with Crippen LogP contribution in [0.15, 0.2) is 41.5 Å². The summed E-state index contributed by atoms with van der Waals surface area (Å²) >= 11 is 0. The number of hydrogen-bond donors (Lipinski definition) is 5. The Morgan fingerprint density at radius 3 is 2.65 bits per heavy atom. The molecule has 1 fully saturated rings. The zero-order chi connectivity index (χ0) is 27.2. The molecule has 1 aromatic carbocycles. The van der Waals surface area contributed by atoms with Crippen molar-refractivity contribution >= 4 is 31.6 Å². The molecule has 1 saturated heterocycles. The third-order valence-electron chi connectivity index (χ3n) is 4.80. The van der Waals surface area contributed by atoms with Crippen LogP contribution in [0, 0.1) is 0 Å². The van der Waals surface area contributed by atoms with Crippen LogP contribution < -0.4 is 21.5 Å². The fourth-order valence-corrected chi connectivity index (χ4v) is 4.11. The molecule has 4 atom stereocenters. The van der Waals surface area contributed by atoms with Crippen LogP contribution in [0.1, 0.15) is 33.4 Å². The average molecular weight is 538 g/mol. The number of nitrogens with zero attached hydrogens (tertiary/aromatic N) is 3. The first-order valence-corrected chi connectivity index (χ1v) is 12.5. The fourth-order valence-electron chi connectivity index (χ4n) is 3.28. The Morgan fingerprint density at radius 2 is 2.03 bits per heavy atom. The number of aromatic amines is 1. The first-order valence-electron chi connectivity index (χ1n) is 11.3. The molecule has 0 saturated carbocycles. The Hall–Kier alpha value is -3.13. The summed E-state index contributed by atoms with van der Waals surface area (Å²) in [5, 5.41) is 18.8. The van der Waals surface area contributed by atoms with Crippen LogP contribution in [-0.2, 0) is 18.6 Å². The summed E-state index contributed by atoms with van der Waals surface area (Å²) in [5.74, 6) is 0.0424. The van der Waals surface area contributed by atoms with E-state index in [0.29, 0.717) is 5.75 Å². The Balaban J connectivity index is 0.000000206. The molecule has 14 nitrogen and oxygen atoms in total. The van der Waals surface area contributed by atoms with E-state index in [1.54, 1.807) is 12.1 Å². The number of aromatic nitrogens is 4. The van der Waals surface area contributed by atoms with E-state index in [-0.39, 0.29) is 36.7 Å². The number of carbonyl (C=O) groups is 1. The molecule has 1 aliphatic heterocycles. The van der Waals surface area contributed by atoms with Gasteiger partial charge in [-0.2, -0.15) is 4.98 Å². The second-order valence-corrected chi connectivity index (χ2v) is 9.88. The number of hydrogen-bond acceptors (Lipinski definition) is 12. The monoisotopic (exact) mass is 538 g/mol. The minimum Gasteiger partial charge on any atom is -0.482 e. The third-order valence-corrected chi connectivity index (χ3v) is 5.91. The van der Waals surface area contributed by atoms with E-state index in [9.17, 15) is 14.7 Å². The van der Waals surface area contributed by atoms with Gasteiger partial charge in [-0.05, 0) is 32.9 Å². The molecule has 3 aromatic rings. The van der Waals surface area contributed by atoms with E-state index < -0.39 is 44.1 Å². The van der Waals surface area contributed by atoms with Gasteiger partial charge in [0.15, 0.2) is 17.8 Å². The number of nitrogen functional groups attached to an aromatic ring is 1. The standard InChI is InChI=1S/C12H18NO4P.C10H13N5O4/c1-12(2,3)17-18(13)16-11(14)9-15-10-7-5-4-6-8-10;11-10-13-8-7(9(18)14-10)12-3-15(8)6-1-4(17)5(2-16)19-6/h4-8H,9,13H2,1-3H3;3-6,16-17H,1-2H2,(H3,11,13,14,18)/t;4-,5+,6+/m.0/s1. The van der Waals surface area contributed by atoms with Crippen LogP contribution in [0.5, 0.6) is 5.75 Å². The van der Waals surface area contributed by atoms with E-state index in [0.717, 1.165) is 0 Å². The number of aliphatic hydroxyl groups is 2. The number of para-hydroxylation sites is 1. The first kappa shape index (κ1) is 28.4. The number of carbonyl (C=O) groups excluding carboxylic acids is 1. The molecule has 15 heteroatoms. The number of anilines is 1. The average Bonchev–Trinajstić information content (AvgIpc) is 3.40. The molecule has 0 aliphatic carbocycles. The number of fused-ring (bicyclic) bond motifs is 1. The van der Waals surface area contributed by atoms with Gasteiger partial charge < -0.3 is 34.5 Å². The molecule has 0 radical (unpaired) electrons. The summed E-state index contributed by atoms with van der Waals surface area (Å²) in [4.78, 5) is 33.4. The molecule has 3 heterocycles. The molecule has 7 N–H and O–H groups in total. The molecule has 0 bridgehead atoms. The Bertz CT molecular complexity index is 1230. The SMILES string of the molecule is CC(C)(C)OP(N)OC(=O)COc1ccccc1.Nc1nc2c(ncn2[C@H]2C[C@H](O)[C@@H](CO)O2)c(=O)[nH]1. The first-order chi connectivity index (χ1) is 17.5. The Labute approximate surface area is 213 Å². The maximum Gasteiger partial charge on any atom is 0.349 e. The minimum atomic E-state index is -1.72. The van der Waals surface area contributed by atoms with Gasteiger partial charge in [0.05, 0.1) is 24.6 Å². The predicted molar refractivity (Wildman–Crippen MR) is 134 cm³/mol. The van der Waals surface area contributed by atoms with Crippen molar-refractivity contribution in [3.8, 4) is 5.75 Å². The molecule has 4 rings (SSSR count). The van der Waals surface area contributed by atoms with Crippen LogP contribution in [0.25, 0.3) is 11.2 Å². The summed E-state index contributed by atoms with van der Waals surface area (Å²) in [6, 6.07) is 9.01. The number of nitrogens with one attached hydrogen (secondary N) is 1. The molecule has 0 amide bonds. The Kier molecular flexibility index (Phi) is 9.54. The molecular formula is C22H31N6O8P. The minimum absolute atomic E-state index is 0.0171. The van der Waals surface area contributed by atoms with Gasteiger partial charge in [0.25, 0.3) is 5.56 Å². The van der Waals surface area contributed by atoms with E-state index in [1.807, 2.05) is 39.0 Å². The van der Waals surface area contributed by atoms with E-state index in [4.69, 9.17) is 34.9 Å². The van der Waals surface area contributed by atoms with E-state index >= 15 is 0 Å². The van der Waals surface area contributed by atoms with Crippen molar-refractivity contribution in [1.82, 2.24) is 19.5 Å². The van der Waals surface area contributed by atoms with Gasteiger partial charge in [0.1, 0.15) is 18.1 Å². The molecule has 1 aliphatic rings. The number of H-pyrrole nitrogens is 1. The highest BCUT2D eigenvalue weighted by molar-refractivity contribution is 7.45. The second-order valence-electron chi connectivity index (χ2n) is 8.94. The maximum absolute atomic E-state index is 11.6.